The summed E-state index contributed by atoms with van der Waals surface area (Å²) in [6.07, 6.45) is 5.58. The number of fused-ring (bicyclic) bond motifs is 1. The van der Waals surface area contributed by atoms with Crippen molar-refractivity contribution in [2.45, 2.75) is 51.1 Å². The van der Waals surface area contributed by atoms with Crippen LogP contribution in [0.15, 0.2) is 47.5 Å². The fraction of sp³-hybridized carbons (Fsp3) is 0.364. The van der Waals surface area contributed by atoms with E-state index < -0.39 is 0 Å². The predicted molar refractivity (Wildman–Crippen MR) is 116 cm³/mol. The van der Waals surface area contributed by atoms with Crippen LogP contribution in [0.2, 0.25) is 5.02 Å². The van der Waals surface area contributed by atoms with E-state index in [1.54, 1.807) is 0 Å². The Labute approximate surface area is 170 Å². The first-order chi connectivity index (χ1) is 13.6. The topological polar surface area (TPSA) is 65.5 Å². The lowest BCUT2D eigenvalue weighted by molar-refractivity contribution is -0.114. The molecule has 1 saturated carbocycles. The number of amides is 1. The smallest absolute Gasteiger partial charge is 0.221 e. The molecule has 0 atom stereocenters. The lowest BCUT2D eigenvalue weighted by Gasteiger charge is -2.44. The SMILES string of the molecule is CC(=O)Nc1cccc2c1NC1(CCCCC1)C(=NCc1cccc(Cl)c1)N2. The summed E-state index contributed by atoms with van der Waals surface area (Å²) < 4.78 is 0. The third-order valence-electron chi connectivity index (χ3n) is 5.46. The van der Waals surface area contributed by atoms with Crippen LogP contribution < -0.4 is 16.0 Å². The maximum atomic E-state index is 11.6. The van der Waals surface area contributed by atoms with Crippen LogP contribution in [0.25, 0.3) is 0 Å². The van der Waals surface area contributed by atoms with Crippen molar-refractivity contribution in [3.63, 3.8) is 0 Å². The third kappa shape index (κ3) is 3.85. The summed E-state index contributed by atoms with van der Waals surface area (Å²) in [5, 5.41) is 11.0. The summed E-state index contributed by atoms with van der Waals surface area (Å²) in [7, 11) is 0. The largest absolute Gasteiger partial charge is 0.369 e. The number of nitrogens with zero attached hydrogens (tertiary/aromatic N) is 1. The Morgan fingerprint density at radius 3 is 2.71 bits per heavy atom. The van der Waals surface area contributed by atoms with Crippen LogP contribution >= 0.6 is 11.6 Å². The first kappa shape index (κ1) is 18.8. The molecule has 1 aliphatic carbocycles. The number of halogens is 1. The van der Waals surface area contributed by atoms with Gasteiger partial charge in [-0.15, -0.1) is 0 Å². The molecule has 1 spiro atoms. The molecule has 2 aromatic rings. The van der Waals surface area contributed by atoms with E-state index in [1.807, 2.05) is 42.5 Å². The van der Waals surface area contributed by atoms with Gasteiger partial charge >= 0.3 is 0 Å². The number of rotatable bonds is 3. The molecule has 0 unspecified atom stereocenters. The molecule has 1 fully saturated rings. The average Bonchev–Trinajstić information content (AvgIpc) is 2.67. The fourth-order valence-electron chi connectivity index (χ4n) is 4.14. The summed E-state index contributed by atoms with van der Waals surface area (Å²) >= 11 is 6.12. The van der Waals surface area contributed by atoms with E-state index in [-0.39, 0.29) is 11.4 Å². The Hall–Kier alpha value is -2.53. The van der Waals surface area contributed by atoms with Gasteiger partial charge in [0.15, 0.2) is 0 Å². The van der Waals surface area contributed by atoms with E-state index in [4.69, 9.17) is 16.6 Å². The van der Waals surface area contributed by atoms with Gasteiger partial charge in [0.2, 0.25) is 5.91 Å². The third-order valence-corrected chi connectivity index (χ3v) is 5.70. The number of aliphatic imine (C=N–C) groups is 1. The van der Waals surface area contributed by atoms with Gasteiger partial charge < -0.3 is 16.0 Å². The Morgan fingerprint density at radius 1 is 1.18 bits per heavy atom. The number of hydrogen-bond donors (Lipinski definition) is 3. The van der Waals surface area contributed by atoms with Crippen molar-refractivity contribution in [1.29, 1.82) is 0 Å². The van der Waals surface area contributed by atoms with Gasteiger partial charge in [-0.1, -0.05) is 49.1 Å². The summed E-state index contributed by atoms with van der Waals surface area (Å²) in [5.41, 5.74) is 3.55. The Morgan fingerprint density at radius 2 is 1.96 bits per heavy atom. The number of benzene rings is 2. The molecule has 0 radical (unpaired) electrons. The van der Waals surface area contributed by atoms with Crippen molar-refractivity contribution in [2.75, 3.05) is 16.0 Å². The van der Waals surface area contributed by atoms with Gasteiger partial charge in [-0.2, -0.15) is 0 Å². The highest BCUT2D eigenvalue weighted by Crippen LogP contribution is 2.43. The average molecular weight is 397 g/mol. The van der Waals surface area contributed by atoms with Gasteiger partial charge in [-0.05, 0) is 42.7 Å². The van der Waals surface area contributed by atoms with Crippen molar-refractivity contribution < 1.29 is 4.79 Å². The van der Waals surface area contributed by atoms with Crippen molar-refractivity contribution >= 4 is 40.4 Å². The molecule has 1 amide bonds. The fourth-order valence-corrected chi connectivity index (χ4v) is 4.36. The van der Waals surface area contributed by atoms with Crippen molar-refractivity contribution in [2.24, 2.45) is 4.99 Å². The number of carbonyl (C=O) groups excluding carboxylic acids is 1. The maximum absolute atomic E-state index is 11.6. The normalized spacial score (nSPS) is 18.9. The van der Waals surface area contributed by atoms with Crippen LogP contribution in [-0.2, 0) is 11.3 Å². The molecule has 2 aromatic carbocycles. The Bertz CT molecular complexity index is 919. The minimum atomic E-state index is -0.224. The van der Waals surface area contributed by atoms with E-state index in [0.717, 1.165) is 59.2 Å². The summed E-state index contributed by atoms with van der Waals surface area (Å²) in [4.78, 5) is 16.6. The molecule has 6 heteroatoms. The quantitative estimate of drug-likeness (QED) is 0.647. The second-order valence-electron chi connectivity index (χ2n) is 7.60. The van der Waals surface area contributed by atoms with Gasteiger partial charge in [-0.3, -0.25) is 9.79 Å². The minimum Gasteiger partial charge on any atom is -0.369 e. The zero-order valence-corrected chi connectivity index (χ0v) is 16.8. The van der Waals surface area contributed by atoms with Crippen molar-refractivity contribution in [3.8, 4) is 0 Å². The van der Waals surface area contributed by atoms with Gasteiger partial charge in [0.25, 0.3) is 0 Å². The molecule has 28 heavy (non-hydrogen) atoms. The molecule has 4 rings (SSSR count). The number of para-hydroxylation sites is 1. The monoisotopic (exact) mass is 396 g/mol. The zero-order chi connectivity index (χ0) is 19.6. The molecule has 0 aromatic heterocycles. The molecule has 1 aliphatic heterocycles. The number of anilines is 3. The number of hydrogen-bond acceptors (Lipinski definition) is 3. The lowest BCUT2D eigenvalue weighted by Crippen LogP contribution is -2.54. The molecule has 0 bridgehead atoms. The highest BCUT2D eigenvalue weighted by molar-refractivity contribution is 6.30. The van der Waals surface area contributed by atoms with E-state index >= 15 is 0 Å². The standard InChI is InChI=1S/C22H25ClN4O/c1-15(28)25-18-9-6-10-19-20(18)27-22(11-3-2-4-12-22)21(26-19)24-14-16-7-5-8-17(23)13-16/h5-10,13,27H,2-4,11-12,14H2,1H3,(H,24,26)(H,25,28). The van der Waals surface area contributed by atoms with Crippen LogP contribution in [0.1, 0.15) is 44.6 Å². The summed E-state index contributed by atoms with van der Waals surface area (Å²) in [5.74, 6) is 0.896. The van der Waals surface area contributed by atoms with Crippen molar-refractivity contribution in [1.82, 2.24) is 0 Å². The number of amidine groups is 1. The van der Waals surface area contributed by atoms with Gasteiger partial charge in [-0.25, -0.2) is 0 Å². The lowest BCUT2D eigenvalue weighted by atomic mass is 9.79. The van der Waals surface area contributed by atoms with Gasteiger partial charge in [0, 0.05) is 11.9 Å². The molecule has 0 saturated heterocycles. The molecule has 146 valence electrons. The Kier molecular flexibility index (Phi) is 5.27. The van der Waals surface area contributed by atoms with Crippen LogP contribution in [-0.4, -0.2) is 17.3 Å². The first-order valence-corrected chi connectivity index (χ1v) is 10.2. The molecular formula is C22H25ClN4O. The zero-order valence-electron chi connectivity index (χ0n) is 16.0. The van der Waals surface area contributed by atoms with Gasteiger partial charge in [0.05, 0.1) is 29.1 Å². The molecular weight excluding hydrogens is 372 g/mol. The van der Waals surface area contributed by atoms with E-state index in [2.05, 4.69) is 16.0 Å². The van der Waals surface area contributed by atoms with Crippen LogP contribution in [0.5, 0.6) is 0 Å². The molecule has 2 aliphatic rings. The second kappa shape index (κ2) is 7.84. The summed E-state index contributed by atoms with van der Waals surface area (Å²) in [6.45, 7) is 2.11. The molecule has 3 N–H and O–H groups in total. The van der Waals surface area contributed by atoms with E-state index in [1.165, 1.54) is 13.3 Å². The second-order valence-corrected chi connectivity index (χ2v) is 8.03. The van der Waals surface area contributed by atoms with Crippen LogP contribution in [0.4, 0.5) is 17.1 Å². The molecule has 5 nitrogen and oxygen atoms in total. The van der Waals surface area contributed by atoms with Gasteiger partial charge in [0.1, 0.15) is 5.84 Å². The predicted octanol–water partition coefficient (Wildman–Crippen LogP) is 5.44. The highest BCUT2D eigenvalue weighted by Gasteiger charge is 2.41. The Balaban J connectivity index is 1.69. The number of nitrogens with one attached hydrogen (secondary N) is 3. The van der Waals surface area contributed by atoms with Crippen molar-refractivity contribution in [3.05, 3.63) is 53.1 Å². The molecule has 1 heterocycles. The maximum Gasteiger partial charge on any atom is 0.221 e. The van der Waals surface area contributed by atoms with Crippen LogP contribution in [0, 0.1) is 0 Å². The van der Waals surface area contributed by atoms with Crippen LogP contribution in [0.3, 0.4) is 0 Å². The van der Waals surface area contributed by atoms with E-state index in [9.17, 15) is 4.79 Å². The first-order valence-electron chi connectivity index (χ1n) is 9.81. The minimum absolute atomic E-state index is 0.0756. The number of carbonyl (C=O) groups is 1. The summed E-state index contributed by atoms with van der Waals surface area (Å²) in [6, 6.07) is 13.7. The van der Waals surface area contributed by atoms with E-state index in [0.29, 0.717) is 6.54 Å². The highest BCUT2D eigenvalue weighted by atomic mass is 35.5.